The van der Waals surface area contributed by atoms with Crippen LogP contribution in [0.25, 0.3) is 22.5 Å². The predicted octanol–water partition coefficient (Wildman–Crippen LogP) is 5.09. The molecule has 0 fully saturated rings. The zero-order valence-electron chi connectivity index (χ0n) is 12.1. The first-order valence-electron chi connectivity index (χ1n) is 6.87. The Balaban J connectivity index is 2.02. The molecule has 0 aliphatic carbocycles. The summed E-state index contributed by atoms with van der Waals surface area (Å²) in [6.07, 6.45) is 1.84. The lowest BCUT2D eigenvalue weighted by atomic mass is 10.1. The van der Waals surface area contributed by atoms with Crippen molar-refractivity contribution >= 4 is 12.2 Å². The first-order valence-corrected chi connectivity index (χ1v) is 7.28. The zero-order valence-corrected chi connectivity index (χ0v) is 12.9. The van der Waals surface area contributed by atoms with E-state index in [1.165, 1.54) is 11.1 Å². The van der Waals surface area contributed by atoms with E-state index in [1.54, 1.807) is 0 Å². The monoisotopic (exact) mass is 292 g/mol. The third kappa shape index (κ3) is 2.93. The molecule has 0 unspecified atom stereocenters. The molecular formula is C18H16N2S. The average Bonchev–Trinajstić information content (AvgIpc) is 2.49. The van der Waals surface area contributed by atoms with E-state index in [0.29, 0.717) is 4.64 Å². The number of benzene rings is 2. The summed E-state index contributed by atoms with van der Waals surface area (Å²) in [4.78, 5) is 7.82. The van der Waals surface area contributed by atoms with Gasteiger partial charge in [-0.1, -0.05) is 71.9 Å². The number of aryl methyl sites for hydroxylation is 2. The van der Waals surface area contributed by atoms with Crippen LogP contribution >= 0.6 is 12.2 Å². The van der Waals surface area contributed by atoms with Crippen LogP contribution in [0.3, 0.4) is 0 Å². The van der Waals surface area contributed by atoms with Crippen LogP contribution in [0.1, 0.15) is 11.1 Å². The van der Waals surface area contributed by atoms with Crippen molar-refractivity contribution in [3.05, 3.63) is 70.5 Å². The molecule has 0 aliphatic rings. The largest absolute Gasteiger partial charge is 0.343 e. The quantitative estimate of drug-likeness (QED) is 0.666. The van der Waals surface area contributed by atoms with Gasteiger partial charge < -0.3 is 4.98 Å². The summed E-state index contributed by atoms with van der Waals surface area (Å²) >= 11 is 5.46. The van der Waals surface area contributed by atoms with Gasteiger partial charge in [0.2, 0.25) is 0 Å². The van der Waals surface area contributed by atoms with E-state index >= 15 is 0 Å². The van der Waals surface area contributed by atoms with Gasteiger partial charge in [0.05, 0.1) is 11.9 Å². The van der Waals surface area contributed by atoms with Crippen LogP contribution in [0.4, 0.5) is 0 Å². The van der Waals surface area contributed by atoms with Crippen LogP contribution in [0.2, 0.25) is 0 Å². The van der Waals surface area contributed by atoms with Crippen LogP contribution in [0.15, 0.2) is 54.7 Å². The molecule has 1 aromatic heterocycles. The van der Waals surface area contributed by atoms with Crippen molar-refractivity contribution in [3.63, 3.8) is 0 Å². The van der Waals surface area contributed by atoms with E-state index < -0.39 is 0 Å². The summed E-state index contributed by atoms with van der Waals surface area (Å²) in [5, 5.41) is 0. The Morgan fingerprint density at radius 1 is 0.810 bits per heavy atom. The highest BCUT2D eigenvalue weighted by atomic mass is 32.1. The highest BCUT2D eigenvalue weighted by Gasteiger charge is 2.04. The number of aromatic amines is 1. The van der Waals surface area contributed by atoms with Crippen molar-refractivity contribution in [1.82, 2.24) is 9.97 Å². The molecule has 0 aliphatic heterocycles. The first kappa shape index (κ1) is 13.7. The Kier molecular flexibility index (Phi) is 3.67. The number of hydrogen-bond acceptors (Lipinski definition) is 2. The van der Waals surface area contributed by atoms with Gasteiger partial charge in [0.15, 0.2) is 0 Å². The van der Waals surface area contributed by atoms with E-state index in [2.05, 4.69) is 60.2 Å². The molecule has 0 saturated heterocycles. The van der Waals surface area contributed by atoms with Crippen molar-refractivity contribution in [1.29, 1.82) is 0 Å². The van der Waals surface area contributed by atoms with Gasteiger partial charge in [-0.25, -0.2) is 0 Å². The van der Waals surface area contributed by atoms with Gasteiger partial charge >= 0.3 is 0 Å². The molecule has 0 radical (unpaired) electrons. The van der Waals surface area contributed by atoms with Gasteiger partial charge in [-0.2, -0.15) is 0 Å². The average molecular weight is 292 g/mol. The molecule has 3 aromatic rings. The molecule has 0 amide bonds. The fourth-order valence-electron chi connectivity index (χ4n) is 2.20. The van der Waals surface area contributed by atoms with Crippen molar-refractivity contribution in [2.24, 2.45) is 0 Å². The maximum Gasteiger partial charge on any atom is 0.130 e. The molecule has 0 spiro atoms. The standard InChI is InChI=1S/C18H16N2S/c1-12-3-7-14(8-4-12)16-11-19-17(18(21)20-16)15-9-5-13(2)6-10-15/h3-11H,1-2H3,(H,20,21). The molecule has 2 aromatic carbocycles. The van der Waals surface area contributed by atoms with Gasteiger partial charge in [0.1, 0.15) is 10.3 Å². The van der Waals surface area contributed by atoms with E-state index in [-0.39, 0.29) is 0 Å². The van der Waals surface area contributed by atoms with E-state index in [4.69, 9.17) is 12.2 Å². The summed E-state index contributed by atoms with van der Waals surface area (Å²) in [5.74, 6) is 0. The Morgan fingerprint density at radius 3 is 1.86 bits per heavy atom. The summed E-state index contributed by atoms with van der Waals surface area (Å²) in [5.41, 5.74) is 6.36. The first-order chi connectivity index (χ1) is 10.1. The van der Waals surface area contributed by atoms with Crippen LogP contribution < -0.4 is 0 Å². The molecule has 1 heterocycles. The van der Waals surface area contributed by atoms with Crippen LogP contribution in [-0.4, -0.2) is 9.97 Å². The third-order valence-electron chi connectivity index (χ3n) is 3.47. The van der Waals surface area contributed by atoms with Crippen LogP contribution in [0.5, 0.6) is 0 Å². The maximum absolute atomic E-state index is 5.46. The molecule has 3 heteroatoms. The summed E-state index contributed by atoms with van der Waals surface area (Å²) in [6.45, 7) is 4.14. The lowest BCUT2D eigenvalue weighted by Crippen LogP contribution is -1.92. The normalized spacial score (nSPS) is 10.6. The Morgan fingerprint density at radius 2 is 1.33 bits per heavy atom. The van der Waals surface area contributed by atoms with Gasteiger partial charge in [-0.3, -0.25) is 4.98 Å². The summed E-state index contributed by atoms with van der Waals surface area (Å²) in [6, 6.07) is 16.5. The molecule has 104 valence electrons. The molecule has 1 N–H and O–H groups in total. The second-order valence-corrected chi connectivity index (χ2v) is 5.61. The minimum atomic E-state index is 0.664. The van der Waals surface area contributed by atoms with Crippen molar-refractivity contribution < 1.29 is 0 Å². The van der Waals surface area contributed by atoms with E-state index in [0.717, 1.165) is 22.5 Å². The number of hydrogen-bond donors (Lipinski definition) is 1. The van der Waals surface area contributed by atoms with Crippen molar-refractivity contribution in [2.75, 3.05) is 0 Å². The minimum Gasteiger partial charge on any atom is -0.343 e. The number of nitrogens with zero attached hydrogens (tertiary/aromatic N) is 1. The molecule has 0 saturated carbocycles. The molecule has 3 rings (SSSR count). The van der Waals surface area contributed by atoms with Crippen LogP contribution in [0, 0.1) is 18.5 Å². The molecule has 0 atom stereocenters. The second kappa shape index (κ2) is 5.62. The van der Waals surface area contributed by atoms with E-state index in [9.17, 15) is 0 Å². The molecule has 0 bridgehead atoms. The SMILES string of the molecule is Cc1ccc(-c2cnc(-c3ccc(C)cc3)c(=S)[nH]2)cc1. The summed E-state index contributed by atoms with van der Waals surface area (Å²) in [7, 11) is 0. The Labute approximate surface area is 129 Å². The van der Waals surface area contributed by atoms with Gasteiger partial charge in [0, 0.05) is 5.56 Å². The smallest absolute Gasteiger partial charge is 0.130 e. The third-order valence-corrected chi connectivity index (χ3v) is 3.77. The maximum atomic E-state index is 5.46. The predicted molar refractivity (Wildman–Crippen MR) is 89.8 cm³/mol. The summed E-state index contributed by atoms with van der Waals surface area (Å²) < 4.78 is 0.664. The van der Waals surface area contributed by atoms with Gasteiger partial charge in [-0.05, 0) is 19.4 Å². The lowest BCUT2D eigenvalue weighted by molar-refractivity contribution is 1.19. The van der Waals surface area contributed by atoms with Crippen LogP contribution in [-0.2, 0) is 0 Å². The van der Waals surface area contributed by atoms with E-state index in [1.807, 2.05) is 18.3 Å². The number of H-pyrrole nitrogens is 1. The fraction of sp³-hybridized carbons (Fsp3) is 0.111. The van der Waals surface area contributed by atoms with Gasteiger partial charge in [-0.15, -0.1) is 0 Å². The minimum absolute atomic E-state index is 0.664. The topological polar surface area (TPSA) is 28.7 Å². The Bertz CT molecular complexity index is 815. The second-order valence-electron chi connectivity index (χ2n) is 5.21. The zero-order chi connectivity index (χ0) is 14.8. The molecular weight excluding hydrogens is 276 g/mol. The number of rotatable bonds is 2. The Hall–Kier alpha value is -2.26. The number of nitrogens with one attached hydrogen (secondary N) is 1. The molecule has 2 nitrogen and oxygen atoms in total. The fourth-order valence-corrected chi connectivity index (χ4v) is 2.48. The molecule has 21 heavy (non-hydrogen) atoms. The number of aromatic nitrogens is 2. The lowest BCUT2D eigenvalue weighted by Gasteiger charge is -2.06. The van der Waals surface area contributed by atoms with Gasteiger partial charge in [0.25, 0.3) is 0 Å². The van der Waals surface area contributed by atoms with Crippen molar-refractivity contribution in [2.45, 2.75) is 13.8 Å². The highest BCUT2D eigenvalue weighted by molar-refractivity contribution is 7.71. The van der Waals surface area contributed by atoms with Crippen molar-refractivity contribution in [3.8, 4) is 22.5 Å². The highest BCUT2D eigenvalue weighted by Crippen LogP contribution is 2.22.